The Kier molecular flexibility index (Phi) is 4.43. The van der Waals surface area contributed by atoms with Gasteiger partial charge in [0.1, 0.15) is 11.5 Å². The second kappa shape index (κ2) is 6.26. The first kappa shape index (κ1) is 14.2. The predicted molar refractivity (Wildman–Crippen MR) is 79.5 cm³/mol. The number of hydrogen-bond donors (Lipinski definition) is 1. The van der Waals surface area contributed by atoms with Crippen LogP contribution in [0.2, 0.25) is 5.02 Å². The summed E-state index contributed by atoms with van der Waals surface area (Å²) >= 11 is 5.92. The summed E-state index contributed by atoms with van der Waals surface area (Å²) in [6.45, 7) is 0. The number of phenols is 1. The first-order valence-corrected chi connectivity index (χ1v) is 6.33. The molecule has 0 unspecified atom stereocenters. The third kappa shape index (κ3) is 3.19. The molecule has 0 aliphatic carbocycles. The normalized spacial score (nSPS) is 10.7. The number of allylic oxidation sites excluding steroid dienone is 1. The number of aromatic hydroxyl groups is 1. The van der Waals surface area contributed by atoms with Crippen LogP contribution in [0.15, 0.2) is 48.5 Å². The molecule has 20 heavy (non-hydrogen) atoms. The molecule has 0 heterocycles. The van der Waals surface area contributed by atoms with Gasteiger partial charge >= 0.3 is 0 Å². The first-order chi connectivity index (χ1) is 9.61. The summed E-state index contributed by atoms with van der Waals surface area (Å²) in [6.07, 6.45) is 2.99. The molecule has 0 fully saturated rings. The van der Waals surface area contributed by atoms with Gasteiger partial charge in [-0.05, 0) is 42.5 Å². The van der Waals surface area contributed by atoms with Crippen LogP contribution in [-0.4, -0.2) is 18.0 Å². The minimum absolute atomic E-state index is 0.0415. The van der Waals surface area contributed by atoms with Crippen molar-refractivity contribution in [2.24, 2.45) is 0 Å². The van der Waals surface area contributed by atoms with Crippen molar-refractivity contribution in [3.8, 4) is 11.5 Å². The van der Waals surface area contributed by atoms with E-state index in [1.54, 1.807) is 49.6 Å². The van der Waals surface area contributed by atoms with E-state index in [-0.39, 0.29) is 17.1 Å². The molecule has 1 N–H and O–H groups in total. The number of benzene rings is 2. The van der Waals surface area contributed by atoms with Gasteiger partial charge in [-0.15, -0.1) is 0 Å². The van der Waals surface area contributed by atoms with Crippen LogP contribution in [0.25, 0.3) is 6.08 Å². The van der Waals surface area contributed by atoms with E-state index < -0.39 is 0 Å². The maximum atomic E-state index is 12.0. The third-order valence-electron chi connectivity index (χ3n) is 2.78. The molecule has 2 aromatic rings. The van der Waals surface area contributed by atoms with Gasteiger partial charge in [-0.2, -0.15) is 0 Å². The maximum absolute atomic E-state index is 12.0. The fourth-order valence-corrected chi connectivity index (χ4v) is 1.95. The average Bonchev–Trinajstić information content (AvgIpc) is 2.45. The predicted octanol–water partition coefficient (Wildman–Crippen LogP) is 3.95. The Hall–Kier alpha value is -2.26. The van der Waals surface area contributed by atoms with Crippen molar-refractivity contribution in [2.45, 2.75) is 0 Å². The minimum Gasteiger partial charge on any atom is -0.507 e. The monoisotopic (exact) mass is 288 g/mol. The van der Waals surface area contributed by atoms with Crippen molar-refractivity contribution in [1.29, 1.82) is 0 Å². The van der Waals surface area contributed by atoms with Gasteiger partial charge in [-0.1, -0.05) is 23.7 Å². The molecule has 0 atom stereocenters. The van der Waals surface area contributed by atoms with E-state index in [0.29, 0.717) is 16.3 Å². The number of carbonyl (C=O) groups excluding carboxylic acids is 1. The minimum atomic E-state index is -0.287. The Bertz CT molecular complexity index is 663. The van der Waals surface area contributed by atoms with Gasteiger partial charge in [0, 0.05) is 10.6 Å². The molecule has 2 aromatic carbocycles. The molecule has 0 aliphatic heterocycles. The second-order valence-corrected chi connectivity index (χ2v) is 4.54. The molecule has 0 saturated carbocycles. The lowest BCUT2D eigenvalue weighted by Gasteiger charge is -2.05. The highest BCUT2D eigenvalue weighted by atomic mass is 35.5. The Balaban J connectivity index is 2.28. The van der Waals surface area contributed by atoms with E-state index in [4.69, 9.17) is 16.3 Å². The van der Waals surface area contributed by atoms with Crippen LogP contribution >= 0.6 is 11.6 Å². The van der Waals surface area contributed by atoms with Gasteiger partial charge < -0.3 is 9.84 Å². The fraction of sp³-hybridized carbons (Fsp3) is 0.0625. The Morgan fingerprint density at radius 1 is 1.25 bits per heavy atom. The summed E-state index contributed by atoms with van der Waals surface area (Å²) in [5.41, 5.74) is 0.952. The van der Waals surface area contributed by atoms with Crippen LogP contribution in [0.5, 0.6) is 11.5 Å². The SMILES string of the molecule is COc1ccc(Cl)cc1/C=C/C(=O)c1ccccc1O. The van der Waals surface area contributed by atoms with Gasteiger partial charge in [0.2, 0.25) is 0 Å². The lowest BCUT2D eigenvalue weighted by atomic mass is 10.1. The molecule has 2 rings (SSSR count). The number of halogens is 1. The van der Waals surface area contributed by atoms with E-state index >= 15 is 0 Å². The highest BCUT2D eigenvalue weighted by Gasteiger charge is 2.07. The molecular formula is C16H13ClO3. The standard InChI is InChI=1S/C16H13ClO3/c1-20-16-9-7-12(17)10-11(16)6-8-15(19)13-4-2-3-5-14(13)18/h2-10,18H,1H3/b8-6+. The number of ether oxygens (including phenoxy) is 1. The summed E-state index contributed by atoms with van der Waals surface area (Å²) in [4.78, 5) is 12.0. The van der Waals surface area contributed by atoms with Gasteiger partial charge in [0.15, 0.2) is 5.78 Å². The molecule has 102 valence electrons. The molecule has 0 amide bonds. The number of phenolic OH excluding ortho intramolecular Hbond substituents is 1. The molecule has 0 radical (unpaired) electrons. The number of para-hydroxylation sites is 1. The van der Waals surface area contributed by atoms with E-state index in [9.17, 15) is 9.90 Å². The van der Waals surface area contributed by atoms with Crippen LogP contribution in [0.4, 0.5) is 0 Å². The van der Waals surface area contributed by atoms with Gasteiger partial charge in [0.05, 0.1) is 12.7 Å². The Labute approximate surface area is 122 Å². The molecule has 0 bridgehead atoms. The number of ketones is 1. The van der Waals surface area contributed by atoms with E-state index in [1.165, 1.54) is 12.1 Å². The Morgan fingerprint density at radius 2 is 2.00 bits per heavy atom. The zero-order valence-corrected chi connectivity index (χ0v) is 11.6. The fourth-order valence-electron chi connectivity index (χ4n) is 1.77. The van der Waals surface area contributed by atoms with E-state index in [0.717, 1.165) is 0 Å². The van der Waals surface area contributed by atoms with Crippen molar-refractivity contribution in [2.75, 3.05) is 7.11 Å². The second-order valence-electron chi connectivity index (χ2n) is 4.10. The van der Waals surface area contributed by atoms with Gasteiger partial charge in [-0.25, -0.2) is 0 Å². The summed E-state index contributed by atoms with van der Waals surface area (Å²) < 4.78 is 5.19. The van der Waals surface area contributed by atoms with Crippen molar-refractivity contribution in [1.82, 2.24) is 0 Å². The lowest BCUT2D eigenvalue weighted by molar-refractivity contribution is 0.104. The molecule has 0 saturated heterocycles. The van der Waals surface area contributed by atoms with Crippen molar-refractivity contribution < 1.29 is 14.6 Å². The average molecular weight is 289 g/mol. The number of methoxy groups -OCH3 is 1. The number of carbonyl (C=O) groups is 1. The van der Waals surface area contributed by atoms with Crippen molar-refractivity contribution >= 4 is 23.5 Å². The van der Waals surface area contributed by atoms with Crippen LogP contribution < -0.4 is 4.74 Å². The largest absolute Gasteiger partial charge is 0.507 e. The summed E-state index contributed by atoms with van der Waals surface area (Å²) in [7, 11) is 1.55. The first-order valence-electron chi connectivity index (χ1n) is 5.96. The zero-order valence-electron chi connectivity index (χ0n) is 10.8. The number of rotatable bonds is 4. The zero-order chi connectivity index (χ0) is 14.5. The highest BCUT2D eigenvalue weighted by molar-refractivity contribution is 6.30. The van der Waals surface area contributed by atoms with Crippen LogP contribution in [0, 0.1) is 0 Å². The molecule has 0 spiro atoms. The maximum Gasteiger partial charge on any atom is 0.189 e. The summed E-state index contributed by atoms with van der Waals surface area (Å²) in [6, 6.07) is 11.5. The lowest BCUT2D eigenvalue weighted by Crippen LogP contribution is -1.94. The quantitative estimate of drug-likeness (QED) is 0.684. The van der Waals surface area contributed by atoms with E-state index in [1.807, 2.05) is 0 Å². The smallest absolute Gasteiger partial charge is 0.189 e. The highest BCUT2D eigenvalue weighted by Crippen LogP contribution is 2.24. The molecule has 3 nitrogen and oxygen atoms in total. The van der Waals surface area contributed by atoms with Crippen molar-refractivity contribution in [3.63, 3.8) is 0 Å². The van der Waals surface area contributed by atoms with Gasteiger partial charge in [-0.3, -0.25) is 4.79 Å². The molecule has 0 aliphatic rings. The van der Waals surface area contributed by atoms with E-state index in [2.05, 4.69) is 0 Å². The Morgan fingerprint density at radius 3 is 2.70 bits per heavy atom. The molecule has 4 heteroatoms. The third-order valence-corrected chi connectivity index (χ3v) is 3.01. The van der Waals surface area contributed by atoms with Crippen LogP contribution in [0.1, 0.15) is 15.9 Å². The number of hydrogen-bond acceptors (Lipinski definition) is 3. The molecular weight excluding hydrogens is 276 g/mol. The van der Waals surface area contributed by atoms with Gasteiger partial charge in [0.25, 0.3) is 0 Å². The summed E-state index contributed by atoms with van der Waals surface area (Å²) in [5.74, 6) is 0.293. The summed E-state index contributed by atoms with van der Waals surface area (Å²) in [5, 5.41) is 10.2. The topological polar surface area (TPSA) is 46.5 Å². The molecule has 0 aromatic heterocycles. The van der Waals surface area contributed by atoms with Crippen LogP contribution in [-0.2, 0) is 0 Å². The van der Waals surface area contributed by atoms with Crippen molar-refractivity contribution in [3.05, 3.63) is 64.7 Å². The van der Waals surface area contributed by atoms with Crippen LogP contribution in [0.3, 0.4) is 0 Å².